The number of carbonyl (C=O) groups excluding carboxylic acids is 2. The highest BCUT2D eigenvalue weighted by Gasteiger charge is 2.19. The van der Waals surface area contributed by atoms with E-state index in [-0.39, 0.29) is 18.2 Å². The third kappa shape index (κ3) is 5.42. The largest absolute Gasteiger partial charge is 0.481 e. The standard InChI is InChI=1S/C22H24N2O4/c25-20-8-4-7-16-9-10-18(14-19(16)20)24-22(28)23-17(11-12-21(26)27)13-15-5-2-1-3-6-15/h1-3,5-6,9-10,14,17H,4,7-8,11-13H2,(H,26,27)(H2,23,24,28). The molecule has 0 bridgehead atoms. The maximum atomic E-state index is 12.5. The molecule has 3 rings (SSSR count). The smallest absolute Gasteiger partial charge is 0.319 e. The lowest BCUT2D eigenvalue weighted by molar-refractivity contribution is -0.137. The number of Topliss-reactive ketones (excluding diaryl/α,β-unsaturated/α-hetero) is 1. The van der Waals surface area contributed by atoms with E-state index >= 15 is 0 Å². The van der Waals surface area contributed by atoms with Gasteiger partial charge in [-0.15, -0.1) is 0 Å². The average Bonchev–Trinajstić information content (AvgIpc) is 2.67. The molecule has 1 unspecified atom stereocenters. The zero-order valence-corrected chi connectivity index (χ0v) is 15.6. The van der Waals surface area contributed by atoms with Crippen molar-refractivity contribution in [1.29, 1.82) is 0 Å². The lowest BCUT2D eigenvalue weighted by Crippen LogP contribution is -2.39. The molecule has 1 atom stereocenters. The number of anilines is 1. The van der Waals surface area contributed by atoms with Crippen molar-refractivity contribution in [3.63, 3.8) is 0 Å². The van der Waals surface area contributed by atoms with E-state index in [1.54, 1.807) is 12.1 Å². The zero-order valence-electron chi connectivity index (χ0n) is 15.6. The fourth-order valence-electron chi connectivity index (χ4n) is 3.48. The van der Waals surface area contributed by atoms with Gasteiger partial charge < -0.3 is 15.7 Å². The first-order chi connectivity index (χ1) is 13.5. The Kier molecular flexibility index (Phi) is 6.42. The topological polar surface area (TPSA) is 95.5 Å². The highest BCUT2D eigenvalue weighted by molar-refractivity contribution is 6.00. The molecule has 0 aromatic heterocycles. The van der Waals surface area contributed by atoms with Gasteiger partial charge in [0.15, 0.2) is 5.78 Å². The van der Waals surface area contributed by atoms with Crippen LogP contribution >= 0.6 is 0 Å². The molecule has 6 heteroatoms. The van der Waals surface area contributed by atoms with Gasteiger partial charge in [0.05, 0.1) is 0 Å². The summed E-state index contributed by atoms with van der Waals surface area (Å²) in [5.74, 6) is -0.790. The summed E-state index contributed by atoms with van der Waals surface area (Å²) in [6, 6.07) is 14.3. The van der Waals surface area contributed by atoms with Gasteiger partial charge in [-0.3, -0.25) is 9.59 Å². The van der Waals surface area contributed by atoms with E-state index < -0.39 is 12.0 Å². The summed E-state index contributed by atoms with van der Waals surface area (Å²) >= 11 is 0. The first-order valence-corrected chi connectivity index (χ1v) is 9.50. The number of rotatable bonds is 7. The minimum atomic E-state index is -0.895. The van der Waals surface area contributed by atoms with Crippen LogP contribution in [0, 0.1) is 0 Å². The summed E-state index contributed by atoms with van der Waals surface area (Å²) in [7, 11) is 0. The van der Waals surface area contributed by atoms with Crippen molar-refractivity contribution in [2.75, 3.05) is 5.32 Å². The maximum absolute atomic E-state index is 12.5. The van der Waals surface area contributed by atoms with E-state index in [1.165, 1.54) is 0 Å². The second-order valence-corrected chi connectivity index (χ2v) is 7.07. The Balaban J connectivity index is 1.65. The molecule has 28 heavy (non-hydrogen) atoms. The van der Waals surface area contributed by atoms with Gasteiger partial charge >= 0.3 is 12.0 Å². The normalized spacial score (nSPS) is 14.1. The molecule has 2 aromatic carbocycles. The molecule has 0 heterocycles. The number of carboxylic acids is 1. The fourth-order valence-corrected chi connectivity index (χ4v) is 3.48. The number of carbonyl (C=O) groups is 3. The zero-order chi connectivity index (χ0) is 19.9. The summed E-state index contributed by atoms with van der Waals surface area (Å²) in [4.78, 5) is 35.5. The van der Waals surface area contributed by atoms with E-state index in [0.717, 1.165) is 24.0 Å². The van der Waals surface area contributed by atoms with Crippen molar-refractivity contribution in [2.24, 2.45) is 0 Å². The summed E-state index contributed by atoms with van der Waals surface area (Å²) in [6.45, 7) is 0. The van der Waals surface area contributed by atoms with Gasteiger partial charge in [-0.2, -0.15) is 0 Å². The van der Waals surface area contributed by atoms with E-state index in [2.05, 4.69) is 10.6 Å². The SMILES string of the molecule is O=C(O)CCC(Cc1ccccc1)NC(=O)Nc1ccc2c(c1)C(=O)CCC2. The second kappa shape index (κ2) is 9.17. The molecule has 146 valence electrons. The average molecular weight is 380 g/mol. The predicted molar refractivity (Wildman–Crippen MR) is 107 cm³/mol. The summed E-state index contributed by atoms with van der Waals surface area (Å²) in [5.41, 5.74) is 3.28. The number of benzene rings is 2. The van der Waals surface area contributed by atoms with Crippen LogP contribution in [0.1, 0.15) is 47.2 Å². The number of hydrogen-bond donors (Lipinski definition) is 3. The molecule has 0 spiro atoms. The van der Waals surface area contributed by atoms with Crippen LogP contribution in [0.4, 0.5) is 10.5 Å². The molecule has 1 aliphatic rings. The number of carboxylic acid groups (broad SMARTS) is 1. The van der Waals surface area contributed by atoms with Crippen molar-refractivity contribution in [2.45, 2.75) is 44.6 Å². The van der Waals surface area contributed by atoms with Crippen LogP contribution in [0.15, 0.2) is 48.5 Å². The third-order valence-corrected chi connectivity index (χ3v) is 4.88. The van der Waals surface area contributed by atoms with E-state index in [9.17, 15) is 14.4 Å². The number of urea groups is 1. The van der Waals surface area contributed by atoms with Crippen molar-refractivity contribution in [3.8, 4) is 0 Å². The first kappa shape index (κ1) is 19.6. The van der Waals surface area contributed by atoms with Crippen molar-refractivity contribution < 1.29 is 19.5 Å². The highest BCUT2D eigenvalue weighted by atomic mass is 16.4. The van der Waals surface area contributed by atoms with Gasteiger partial charge in [0.1, 0.15) is 0 Å². The van der Waals surface area contributed by atoms with Crippen molar-refractivity contribution >= 4 is 23.5 Å². The molecule has 3 N–H and O–H groups in total. The van der Waals surface area contributed by atoms with Crippen LogP contribution in [0.3, 0.4) is 0 Å². The van der Waals surface area contributed by atoms with Crippen molar-refractivity contribution in [3.05, 3.63) is 65.2 Å². The van der Waals surface area contributed by atoms with Crippen LogP contribution in [0.5, 0.6) is 0 Å². The van der Waals surface area contributed by atoms with Gasteiger partial charge in [-0.1, -0.05) is 36.4 Å². The van der Waals surface area contributed by atoms with Gasteiger partial charge in [-0.05, 0) is 48.9 Å². The third-order valence-electron chi connectivity index (χ3n) is 4.88. The maximum Gasteiger partial charge on any atom is 0.319 e. The Morgan fingerprint density at radius 2 is 1.86 bits per heavy atom. The highest BCUT2D eigenvalue weighted by Crippen LogP contribution is 2.24. The summed E-state index contributed by atoms with van der Waals surface area (Å²) in [6.07, 6.45) is 3.14. The molecule has 0 saturated carbocycles. The first-order valence-electron chi connectivity index (χ1n) is 9.50. The van der Waals surface area contributed by atoms with Crippen LogP contribution in [-0.2, 0) is 17.6 Å². The molecule has 6 nitrogen and oxygen atoms in total. The van der Waals surface area contributed by atoms with Gasteiger partial charge in [0.25, 0.3) is 0 Å². The quantitative estimate of drug-likeness (QED) is 0.681. The van der Waals surface area contributed by atoms with Gasteiger partial charge in [-0.25, -0.2) is 4.79 Å². The number of nitrogens with one attached hydrogen (secondary N) is 2. The predicted octanol–water partition coefficient (Wildman–Crippen LogP) is 3.80. The molecule has 0 aliphatic heterocycles. The summed E-state index contributed by atoms with van der Waals surface area (Å²) in [5, 5.41) is 14.6. The lowest BCUT2D eigenvalue weighted by Gasteiger charge is -2.20. The Morgan fingerprint density at radius 3 is 2.61 bits per heavy atom. The molecule has 2 aromatic rings. The number of aliphatic carboxylic acids is 1. The fraction of sp³-hybridized carbons (Fsp3) is 0.318. The monoisotopic (exact) mass is 380 g/mol. The number of amides is 2. The molecule has 0 saturated heterocycles. The molecule has 0 radical (unpaired) electrons. The Hall–Kier alpha value is -3.15. The van der Waals surface area contributed by atoms with Crippen LogP contribution in [0.25, 0.3) is 0 Å². The Morgan fingerprint density at radius 1 is 1.07 bits per heavy atom. The number of fused-ring (bicyclic) bond motifs is 1. The summed E-state index contributed by atoms with van der Waals surface area (Å²) < 4.78 is 0. The van der Waals surface area contributed by atoms with E-state index in [4.69, 9.17) is 5.11 Å². The van der Waals surface area contributed by atoms with Crippen LogP contribution < -0.4 is 10.6 Å². The van der Waals surface area contributed by atoms with E-state index in [1.807, 2.05) is 36.4 Å². The molecule has 1 aliphatic carbocycles. The lowest BCUT2D eigenvalue weighted by atomic mass is 9.90. The number of aryl methyl sites for hydroxylation is 1. The number of ketones is 1. The van der Waals surface area contributed by atoms with E-state index in [0.29, 0.717) is 30.5 Å². The Bertz CT molecular complexity index is 864. The molecule has 2 amide bonds. The van der Waals surface area contributed by atoms with Crippen molar-refractivity contribution in [1.82, 2.24) is 5.32 Å². The minimum absolute atomic E-state index is 0.0227. The Labute approximate surface area is 164 Å². The second-order valence-electron chi connectivity index (χ2n) is 7.07. The van der Waals surface area contributed by atoms with Gasteiger partial charge in [0.2, 0.25) is 0 Å². The number of hydrogen-bond acceptors (Lipinski definition) is 3. The molecular formula is C22H24N2O4. The minimum Gasteiger partial charge on any atom is -0.481 e. The molecule has 0 fully saturated rings. The van der Waals surface area contributed by atoms with Crippen LogP contribution in [-0.4, -0.2) is 28.9 Å². The van der Waals surface area contributed by atoms with Gasteiger partial charge in [0, 0.05) is 30.1 Å². The van der Waals surface area contributed by atoms with Crippen LogP contribution in [0.2, 0.25) is 0 Å². The molecular weight excluding hydrogens is 356 g/mol.